The minimum atomic E-state index is -0.518. The van der Waals surface area contributed by atoms with Crippen LogP contribution in [-0.2, 0) is 15.0 Å². The second-order valence-corrected chi connectivity index (χ2v) is 11.8. The van der Waals surface area contributed by atoms with Crippen LogP contribution in [0.2, 0.25) is 0 Å². The first-order chi connectivity index (χ1) is 18.8. The molecule has 1 aliphatic heterocycles. The van der Waals surface area contributed by atoms with Gasteiger partial charge in [-0.15, -0.1) is 0 Å². The van der Waals surface area contributed by atoms with Crippen LogP contribution in [0, 0.1) is 0 Å². The van der Waals surface area contributed by atoms with Crippen LogP contribution in [-0.4, -0.2) is 16.7 Å². The SMILES string of the molecule is CCCCCC(=O)N1c2ccccc2NC2=C(C(=O)C[C@@H](c3ccc(C(C)(C)C)cc3)C2)[C@H]1c1cccnc1. The monoisotopic (exact) mass is 521 g/mol. The lowest BCUT2D eigenvalue weighted by molar-refractivity contribution is -0.119. The summed E-state index contributed by atoms with van der Waals surface area (Å²) in [5.41, 5.74) is 6.64. The molecule has 0 spiro atoms. The minimum absolute atomic E-state index is 0.0352. The minimum Gasteiger partial charge on any atom is -0.357 e. The first-order valence-corrected chi connectivity index (χ1v) is 14.2. The number of hydrogen-bond acceptors (Lipinski definition) is 4. The molecule has 0 radical (unpaired) electrons. The molecule has 1 amide bonds. The predicted octanol–water partition coefficient (Wildman–Crippen LogP) is 7.86. The topological polar surface area (TPSA) is 62.3 Å². The molecule has 5 heteroatoms. The van der Waals surface area contributed by atoms with E-state index in [2.05, 4.69) is 62.3 Å². The fraction of sp³-hybridized carbons (Fsp3) is 0.382. The number of para-hydroxylation sites is 2. The molecule has 5 nitrogen and oxygen atoms in total. The Labute approximate surface area is 232 Å². The maximum Gasteiger partial charge on any atom is 0.227 e. The highest BCUT2D eigenvalue weighted by molar-refractivity contribution is 6.06. The molecule has 0 fully saturated rings. The Balaban J connectivity index is 1.60. The van der Waals surface area contributed by atoms with Gasteiger partial charge in [0.2, 0.25) is 5.91 Å². The van der Waals surface area contributed by atoms with Crippen LogP contribution in [0.3, 0.4) is 0 Å². The molecule has 0 unspecified atom stereocenters. The second kappa shape index (κ2) is 11.2. The molecule has 2 atom stereocenters. The summed E-state index contributed by atoms with van der Waals surface area (Å²) < 4.78 is 0. The zero-order valence-corrected chi connectivity index (χ0v) is 23.5. The second-order valence-electron chi connectivity index (χ2n) is 11.8. The van der Waals surface area contributed by atoms with Crippen LogP contribution in [0.4, 0.5) is 11.4 Å². The third-order valence-electron chi connectivity index (χ3n) is 8.00. The molecule has 1 aromatic heterocycles. The Bertz CT molecular complexity index is 1370. The van der Waals surface area contributed by atoms with Crippen LogP contribution >= 0.6 is 0 Å². The number of fused-ring (bicyclic) bond motifs is 1. The first-order valence-electron chi connectivity index (χ1n) is 14.2. The van der Waals surface area contributed by atoms with Gasteiger partial charge in [0.1, 0.15) is 0 Å². The highest BCUT2D eigenvalue weighted by atomic mass is 16.2. The lowest BCUT2D eigenvalue weighted by atomic mass is 9.77. The molecule has 2 aromatic carbocycles. The average Bonchev–Trinajstić information content (AvgIpc) is 3.08. The maximum atomic E-state index is 14.1. The zero-order chi connectivity index (χ0) is 27.6. The van der Waals surface area contributed by atoms with Crippen LogP contribution in [0.5, 0.6) is 0 Å². The molecule has 2 aliphatic rings. The molecule has 5 rings (SSSR count). The summed E-state index contributed by atoms with van der Waals surface area (Å²) in [5.74, 6) is 0.195. The van der Waals surface area contributed by atoms with Crippen molar-refractivity contribution in [2.75, 3.05) is 10.2 Å². The number of carbonyl (C=O) groups excluding carboxylic acids is 2. The Hall–Kier alpha value is -3.73. The van der Waals surface area contributed by atoms with Crippen molar-refractivity contribution in [2.45, 2.75) is 83.6 Å². The van der Waals surface area contributed by atoms with Gasteiger partial charge >= 0.3 is 0 Å². The van der Waals surface area contributed by atoms with Crippen molar-refractivity contribution in [3.05, 3.63) is 101 Å². The number of nitrogens with zero attached hydrogens (tertiary/aromatic N) is 2. The van der Waals surface area contributed by atoms with Gasteiger partial charge in [0, 0.05) is 36.5 Å². The Kier molecular flexibility index (Phi) is 7.69. The predicted molar refractivity (Wildman–Crippen MR) is 158 cm³/mol. The quantitative estimate of drug-likeness (QED) is 0.335. The molecular weight excluding hydrogens is 482 g/mol. The highest BCUT2D eigenvalue weighted by Gasteiger charge is 2.41. The molecule has 3 aromatic rings. The third kappa shape index (κ3) is 5.54. The van der Waals surface area contributed by atoms with E-state index in [0.29, 0.717) is 24.8 Å². The number of anilines is 2. The summed E-state index contributed by atoms with van der Waals surface area (Å²) in [4.78, 5) is 34.2. The largest absolute Gasteiger partial charge is 0.357 e. The fourth-order valence-electron chi connectivity index (χ4n) is 5.86. The summed E-state index contributed by atoms with van der Waals surface area (Å²) in [5, 5.41) is 3.62. The molecule has 202 valence electrons. The maximum absolute atomic E-state index is 14.1. The number of rotatable bonds is 6. The zero-order valence-electron chi connectivity index (χ0n) is 23.5. The Morgan fingerprint density at radius 3 is 2.44 bits per heavy atom. The number of Topliss-reactive ketones (excluding diaryl/α,β-unsaturated/α-hetero) is 1. The van der Waals surface area contributed by atoms with Gasteiger partial charge in [-0.05, 0) is 59.1 Å². The van der Waals surface area contributed by atoms with E-state index in [4.69, 9.17) is 0 Å². The molecule has 0 saturated carbocycles. The number of ketones is 1. The Morgan fingerprint density at radius 2 is 1.74 bits per heavy atom. The number of carbonyl (C=O) groups is 2. The van der Waals surface area contributed by atoms with E-state index >= 15 is 0 Å². The lowest BCUT2D eigenvalue weighted by Crippen LogP contribution is -2.38. The average molecular weight is 522 g/mol. The highest BCUT2D eigenvalue weighted by Crippen LogP contribution is 2.47. The molecule has 39 heavy (non-hydrogen) atoms. The standard InChI is InChI=1S/C34H39N3O2/c1-5-6-7-14-31(39)37-29-13-9-8-12-27(29)36-28-20-25(23-15-17-26(18-16-23)34(2,3)4)21-30(38)32(28)33(37)24-11-10-19-35-22-24/h8-13,15-19,22,25,33,36H,5-7,14,20-21H2,1-4H3/t25-,33+/m0/s1. The van der Waals surface area contributed by atoms with Crippen LogP contribution < -0.4 is 10.2 Å². The summed E-state index contributed by atoms with van der Waals surface area (Å²) in [6, 6.07) is 20.0. The summed E-state index contributed by atoms with van der Waals surface area (Å²) in [6.07, 6.45) is 7.96. The van der Waals surface area contributed by atoms with Gasteiger partial charge < -0.3 is 5.32 Å². The first kappa shape index (κ1) is 26.9. The number of unbranched alkanes of at least 4 members (excludes halogenated alkanes) is 2. The number of amides is 1. The number of hydrogen-bond donors (Lipinski definition) is 1. The fourth-order valence-corrected chi connectivity index (χ4v) is 5.86. The van der Waals surface area contributed by atoms with Gasteiger partial charge in [-0.1, -0.05) is 83.0 Å². The summed E-state index contributed by atoms with van der Waals surface area (Å²) in [7, 11) is 0. The molecule has 0 bridgehead atoms. The van der Waals surface area contributed by atoms with Crippen molar-refractivity contribution in [3.63, 3.8) is 0 Å². The van der Waals surface area contributed by atoms with Crippen LogP contribution in [0.1, 0.15) is 94.9 Å². The smallest absolute Gasteiger partial charge is 0.227 e. The van der Waals surface area contributed by atoms with Crippen molar-refractivity contribution < 1.29 is 9.59 Å². The van der Waals surface area contributed by atoms with Crippen molar-refractivity contribution >= 4 is 23.1 Å². The van der Waals surface area contributed by atoms with Gasteiger partial charge in [0.25, 0.3) is 0 Å². The molecule has 1 N–H and O–H groups in total. The van der Waals surface area contributed by atoms with E-state index < -0.39 is 6.04 Å². The van der Waals surface area contributed by atoms with Gasteiger partial charge in [0.15, 0.2) is 5.78 Å². The van der Waals surface area contributed by atoms with E-state index in [1.807, 2.05) is 41.3 Å². The lowest BCUT2D eigenvalue weighted by Gasteiger charge is -2.35. The van der Waals surface area contributed by atoms with Crippen molar-refractivity contribution in [1.29, 1.82) is 0 Å². The summed E-state index contributed by atoms with van der Waals surface area (Å²) in [6.45, 7) is 8.77. The normalized spacial score (nSPS) is 19.2. The summed E-state index contributed by atoms with van der Waals surface area (Å²) >= 11 is 0. The number of aromatic nitrogens is 1. The Morgan fingerprint density at radius 1 is 0.974 bits per heavy atom. The molecular formula is C34H39N3O2. The van der Waals surface area contributed by atoms with Gasteiger partial charge in [-0.25, -0.2) is 0 Å². The van der Waals surface area contributed by atoms with E-state index in [-0.39, 0.29) is 23.0 Å². The molecule has 1 aliphatic carbocycles. The number of benzene rings is 2. The van der Waals surface area contributed by atoms with E-state index in [9.17, 15) is 9.59 Å². The van der Waals surface area contributed by atoms with E-state index in [1.54, 1.807) is 12.4 Å². The van der Waals surface area contributed by atoms with Crippen LogP contribution in [0.15, 0.2) is 84.3 Å². The van der Waals surface area contributed by atoms with Gasteiger partial charge in [-0.2, -0.15) is 0 Å². The van der Waals surface area contributed by atoms with Crippen LogP contribution in [0.25, 0.3) is 0 Å². The number of allylic oxidation sites excluding steroid dienone is 1. The van der Waals surface area contributed by atoms with Gasteiger partial charge in [0.05, 0.1) is 17.4 Å². The van der Waals surface area contributed by atoms with Crippen molar-refractivity contribution in [3.8, 4) is 0 Å². The van der Waals surface area contributed by atoms with Crippen molar-refractivity contribution in [1.82, 2.24) is 4.98 Å². The van der Waals surface area contributed by atoms with Gasteiger partial charge in [-0.3, -0.25) is 19.5 Å². The van der Waals surface area contributed by atoms with E-state index in [0.717, 1.165) is 41.9 Å². The van der Waals surface area contributed by atoms with Crippen molar-refractivity contribution in [2.24, 2.45) is 0 Å². The molecule has 2 heterocycles. The number of nitrogens with one attached hydrogen (secondary N) is 1. The third-order valence-corrected chi connectivity index (χ3v) is 8.00. The number of pyridine rings is 1. The molecule has 0 saturated heterocycles. The van der Waals surface area contributed by atoms with E-state index in [1.165, 1.54) is 11.1 Å².